The zero-order valence-corrected chi connectivity index (χ0v) is 14.9. The van der Waals surface area contributed by atoms with Gasteiger partial charge in [-0.3, -0.25) is 0 Å². The third kappa shape index (κ3) is 3.39. The van der Waals surface area contributed by atoms with Gasteiger partial charge in [0, 0.05) is 28.5 Å². The van der Waals surface area contributed by atoms with Crippen molar-refractivity contribution in [2.45, 2.75) is 0 Å². The molecule has 24 heavy (non-hydrogen) atoms. The number of benzene rings is 2. The molecule has 2 aromatic carbocycles. The molecule has 120 valence electrons. The van der Waals surface area contributed by atoms with Crippen molar-refractivity contribution in [3.05, 3.63) is 78.3 Å². The van der Waals surface area contributed by atoms with E-state index >= 15 is 0 Å². The maximum atomic E-state index is 4.85. The molecule has 0 N–H and O–H groups in total. The van der Waals surface area contributed by atoms with Crippen LogP contribution in [0.3, 0.4) is 0 Å². The van der Waals surface area contributed by atoms with Crippen LogP contribution in [-0.4, -0.2) is 23.1 Å². The lowest BCUT2D eigenvalue weighted by molar-refractivity contribution is 0.930. The summed E-state index contributed by atoms with van der Waals surface area (Å²) in [4.78, 5) is 11.7. The van der Waals surface area contributed by atoms with E-state index < -0.39 is 0 Å². The van der Waals surface area contributed by atoms with Gasteiger partial charge in [-0.05, 0) is 18.2 Å². The molecule has 0 fully saturated rings. The van der Waals surface area contributed by atoms with Crippen molar-refractivity contribution in [1.82, 2.24) is 9.97 Å². The molecule has 0 atom stereocenters. The van der Waals surface area contributed by atoms with E-state index in [1.54, 1.807) is 0 Å². The summed E-state index contributed by atoms with van der Waals surface area (Å²) in [5.74, 6) is 1.61. The van der Waals surface area contributed by atoms with Crippen molar-refractivity contribution in [2.24, 2.45) is 0 Å². The molecule has 0 radical (unpaired) electrons. The molecule has 0 aliphatic heterocycles. The van der Waals surface area contributed by atoms with Gasteiger partial charge in [0.2, 0.25) is 0 Å². The highest BCUT2D eigenvalue weighted by molar-refractivity contribution is 9.10. The molecule has 0 spiro atoms. The molecular weight excluding hydrogens is 362 g/mol. The summed E-state index contributed by atoms with van der Waals surface area (Å²) < 4.78 is 1.00. The Hall–Kier alpha value is -2.46. The lowest BCUT2D eigenvalue weighted by atomic mass is 10.1. The summed E-state index contributed by atoms with van der Waals surface area (Å²) in [5, 5.41) is 1.01. The van der Waals surface area contributed by atoms with E-state index in [0.717, 1.165) is 32.6 Å². The van der Waals surface area contributed by atoms with Crippen LogP contribution < -0.4 is 4.90 Å². The zero-order valence-electron chi connectivity index (χ0n) is 13.3. The van der Waals surface area contributed by atoms with Crippen molar-refractivity contribution >= 4 is 32.7 Å². The average Bonchev–Trinajstić information content (AvgIpc) is 2.61. The number of nitrogens with zero attached hydrogens (tertiary/aromatic N) is 3. The van der Waals surface area contributed by atoms with E-state index in [2.05, 4.69) is 40.1 Å². The molecule has 1 heterocycles. The predicted molar refractivity (Wildman–Crippen MR) is 105 cm³/mol. The second-order valence-electron chi connectivity index (χ2n) is 5.38. The Morgan fingerprint density at radius 3 is 2.33 bits per heavy atom. The van der Waals surface area contributed by atoms with Crippen LogP contribution in [0.25, 0.3) is 22.3 Å². The minimum absolute atomic E-state index is 0.693. The second-order valence-corrected chi connectivity index (χ2v) is 6.30. The number of fused-ring (bicyclic) bond motifs is 1. The number of hydrogen-bond acceptors (Lipinski definition) is 3. The quantitative estimate of drug-likeness (QED) is 0.548. The topological polar surface area (TPSA) is 29.0 Å². The summed E-state index contributed by atoms with van der Waals surface area (Å²) in [6.07, 6.45) is 3.75. The number of hydrogen-bond donors (Lipinski definition) is 0. The van der Waals surface area contributed by atoms with Gasteiger partial charge < -0.3 is 4.90 Å². The van der Waals surface area contributed by atoms with Gasteiger partial charge in [-0.1, -0.05) is 58.4 Å². The molecule has 0 amide bonds. The van der Waals surface area contributed by atoms with Gasteiger partial charge in [0.15, 0.2) is 5.82 Å². The van der Waals surface area contributed by atoms with E-state index in [9.17, 15) is 0 Å². The minimum Gasteiger partial charge on any atom is -0.349 e. The van der Waals surface area contributed by atoms with E-state index in [0.29, 0.717) is 13.1 Å². The molecular formula is C20H18BrN3. The number of rotatable bonds is 6. The molecule has 0 bridgehead atoms. The Labute approximate surface area is 150 Å². The van der Waals surface area contributed by atoms with Crippen molar-refractivity contribution in [3.63, 3.8) is 0 Å². The van der Waals surface area contributed by atoms with E-state index in [4.69, 9.17) is 9.97 Å². The lowest BCUT2D eigenvalue weighted by Gasteiger charge is -2.22. The largest absolute Gasteiger partial charge is 0.349 e. The number of aromatic nitrogens is 2. The Balaban J connectivity index is 2.25. The van der Waals surface area contributed by atoms with Crippen LogP contribution >= 0.6 is 15.9 Å². The molecule has 0 unspecified atom stereocenters. The first kappa shape index (κ1) is 16.4. The van der Waals surface area contributed by atoms with Crippen LogP contribution in [0, 0.1) is 0 Å². The third-order valence-corrected chi connectivity index (χ3v) is 4.16. The summed E-state index contributed by atoms with van der Waals surface area (Å²) in [5.41, 5.74) is 1.92. The average molecular weight is 380 g/mol. The number of anilines is 1. The van der Waals surface area contributed by atoms with Crippen LogP contribution in [0.2, 0.25) is 0 Å². The normalized spacial score (nSPS) is 10.5. The molecule has 3 rings (SSSR count). The Morgan fingerprint density at radius 2 is 1.67 bits per heavy atom. The minimum atomic E-state index is 0.693. The fourth-order valence-electron chi connectivity index (χ4n) is 2.60. The van der Waals surface area contributed by atoms with Gasteiger partial charge in [-0.25, -0.2) is 9.97 Å². The monoisotopic (exact) mass is 379 g/mol. The van der Waals surface area contributed by atoms with E-state index in [-0.39, 0.29) is 0 Å². The van der Waals surface area contributed by atoms with Crippen LogP contribution in [0.5, 0.6) is 0 Å². The highest BCUT2D eigenvalue weighted by Crippen LogP contribution is 2.29. The highest BCUT2D eigenvalue weighted by atomic mass is 79.9. The second kappa shape index (κ2) is 7.41. The summed E-state index contributed by atoms with van der Waals surface area (Å²) in [6, 6.07) is 16.1. The molecule has 4 heteroatoms. The molecule has 0 aliphatic carbocycles. The molecule has 3 nitrogen and oxygen atoms in total. The Bertz CT molecular complexity index is 865. The summed E-state index contributed by atoms with van der Waals surface area (Å²) in [7, 11) is 0. The van der Waals surface area contributed by atoms with Gasteiger partial charge >= 0.3 is 0 Å². The van der Waals surface area contributed by atoms with Crippen LogP contribution in [-0.2, 0) is 0 Å². The van der Waals surface area contributed by atoms with Gasteiger partial charge in [-0.15, -0.1) is 13.2 Å². The first-order valence-corrected chi connectivity index (χ1v) is 8.51. The van der Waals surface area contributed by atoms with Crippen molar-refractivity contribution < 1.29 is 0 Å². The molecule has 1 aromatic heterocycles. The first-order chi connectivity index (χ1) is 11.7. The smallest absolute Gasteiger partial charge is 0.162 e. The van der Waals surface area contributed by atoms with E-state index in [1.807, 2.05) is 54.6 Å². The third-order valence-electron chi connectivity index (χ3n) is 3.67. The number of halogens is 1. The van der Waals surface area contributed by atoms with Crippen molar-refractivity contribution in [2.75, 3.05) is 18.0 Å². The van der Waals surface area contributed by atoms with Crippen LogP contribution in [0.4, 0.5) is 5.82 Å². The Kier molecular flexibility index (Phi) is 5.06. The fraction of sp³-hybridized carbons (Fsp3) is 0.100. The maximum absolute atomic E-state index is 4.85. The van der Waals surface area contributed by atoms with Gasteiger partial charge in [-0.2, -0.15) is 0 Å². The summed E-state index contributed by atoms with van der Waals surface area (Å²) in [6.45, 7) is 9.10. The van der Waals surface area contributed by atoms with Crippen LogP contribution in [0.15, 0.2) is 78.3 Å². The molecule has 0 aliphatic rings. The molecule has 0 saturated heterocycles. The van der Waals surface area contributed by atoms with Crippen LogP contribution in [0.1, 0.15) is 0 Å². The lowest BCUT2D eigenvalue weighted by Crippen LogP contribution is -2.24. The SMILES string of the molecule is C=CCN(CC=C)c1nc(-c2ccccc2)nc2ccc(Br)cc12. The van der Waals surface area contributed by atoms with Gasteiger partial charge in [0.05, 0.1) is 5.52 Å². The Morgan fingerprint density at radius 1 is 0.958 bits per heavy atom. The highest BCUT2D eigenvalue weighted by Gasteiger charge is 2.14. The standard InChI is InChI=1S/C20H18BrN3/c1-3-12-24(13-4-2)20-17-14-16(21)10-11-18(17)22-19(23-20)15-8-6-5-7-9-15/h3-11,14H,1-2,12-13H2. The molecule has 0 saturated carbocycles. The predicted octanol–water partition coefficient (Wildman–Crippen LogP) is 5.24. The van der Waals surface area contributed by atoms with Gasteiger partial charge in [0.25, 0.3) is 0 Å². The molecule has 3 aromatic rings. The summed E-state index contributed by atoms with van der Waals surface area (Å²) >= 11 is 3.54. The zero-order chi connectivity index (χ0) is 16.9. The van der Waals surface area contributed by atoms with Gasteiger partial charge in [0.1, 0.15) is 5.82 Å². The van der Waals surface area contributed by atoms with Crippen molar-refractivity contribution in [1.29, 1.82) is 0 Å². The fourth-order valence-corrected chi connectivity index (χ4v) is 2.96. The maximum Gasteiger partial charge on any atom is 0.162 e. The van der Waals surface area contributed by atoms with E-state index in [1.165, 1.54) is 0 Å². The first-order valence-electron chi connectivity index (χ1n) is 7.72. The van der Waals surface area contributed by atoms with Crippen molar-refractivity contribution in [3.8, 4) is 11.4 Å².